The number of nitrogens with zero attached hydrogens (tertiary/aromatic N) is 1. The maximum atomic E-state index is 13.4. The highest BCUT2D eigenvalue weighted by atomic mass is 19.1. The molecular weight excluding hydrogens is 225 g/mol. The Morgan fingerprint density at radius 1 is 1.41 bits per heavy atom. The standard InChI is InChI=1S/C11H8FN3O2/c12-6-1-5-2-10(16)14-11(5)7(3-6)8-4-9(13)15-17-8/h1,3-4H,2H2,(H2,13,15)(H,14,16). The fourth-order valence-electron chi connectivity index (χ4n) is 1.92. The van der Waals surface area contributed by atoms with Gasteiger partial charge in [0, 0.05) is 11.6 Å². The zero-order valence-corrected chi connectivity index (χ0v) is 8.66. The lowest BCUT2D eigenvalue weighted by Crippen LogP contribution is -2.04. The van der Waals surface area contributed by atoms with Gasteiger partial charge in [-0.3, -0.25) is 4.79 Å². The predicted molar refractivity (Wildman–Crippen MR) is 58.6 cm³/mol. The minimum atomic E-state index is -0.426. The van der Waals surface area contributed by atoms with Crippen molar-refractivity contribution < 1.29 is 13.7 Å². The van der Waals surface area contributed by atoms with Gasteiger partial charge in [-0.05, 0) is 17.7 Å². The third-order valence-electron chi connectivity index (χ3n) is 2.59. The normalized spacial score (nSPS) is 13.6. The number of nitrogen functional groups attached to an aromatic ring is 1. The van der Waals surface area contributed by atoms with E-state index in [0.717, 1.165) is 0 Å². The van der Waals surface area contributed by atoms with Crippen molar-refractivity contribution in [1.29, 1.82) is 0 Å². The molecule has 6 heteroatoms. The second kappa shape index (κ2) is 3.31. The number of fused-ring (bicyclic) bond motifs is 1. The minimum Gasteiger partial charge on any atom is -0.381 e. The molecule has 0 atom stereocenters. The first-order valence-corrected chi connectivity index (χ1v) is 4.98. The Balaban J connectivity index is 2.21. The summed E-state index contributed by atoms with van der Waals surface area (Å²) in [4.78, 5) is 11.3. The van der Waals surface area contributed by atoms with Gasteiger partial charge >= 0.3 is 0 Å². The van der Waals surface area contributed by atoms with Crippen LogP contribution in [0.4, 0.5) is 15.9 Å². The van der Waals surface area contributed by atoms with E-state index in [9.17, 15) is 9.18 Å². The topological polar surface area (TPSA) is 81.1 Å². The molecule has 1 aliphatic heterocycles. The molecule has 0 unspecified atom stereocenters. The summed E-state index contributed by atoms with van der Waals surface area (Å²) in [7, 11) is 0. The van der Waals surface area contributed by atoms with Crippen molar-refractivity contribution in [1.82, 2.24) is 5.16 Å². The fraction of sp³-hybridized carbons (Fsp3) is 0.0909. The molecule has 17 heavy (non-hydrogen) atoms. The quantitative estimate of drug-likeness (QED) is 0.783. The smallest absolute Gasteiger partial charge is 0.228 e. The number of rotatable bonds is 1. The molecule has 1 amide bonds. The molecule has 2 aromatic rings. The van der Waals surface area contributed by atoms with Gasteiger partial charge in [0.05, 0.1) is 12.1 Å². The molecule has 86 valence electrons. The largest absolute Gasteiger partial charge is 0.381 e. The van der Waals surface area contributed by atoms with E-state index in [1.807, 2.05) is 0 Å². The van der Waals surface area contributed by atoms with Gasteiger partial charge in [0.25, 0.3) is 0 Å². The predicted octanol–water partition coefficient (Wildman–Crippen LogP) is 1.56. The molecule has 0 bridgehead atoms. The van der Waals surface area contributed by atoms with Gasteiger partial charge in [0.1, 0.15) is 5.82 Å². The summed E-state index contributed by atoms with van der Waals surface area (Å²) in [6.07, 6.45) is 0.170. The first-order chi connectivity index (χ1) is 8.13. The molecule has 1 aliphatic rings. The number of halogens is 1. The van der Waals surface area contributed by atoms with Crippen molar-refractivity contribution >= 4 is 17.4 Å². The highest BCUT2D eigenvalue weighted by Crippen LogP contribution is 2.36. The number of nitrogens with two attached hydrogens (primary N) is 1. The van der Waals surface area contributed by atoms with Crippen molar-refractivity contribution in [3.8, 4) is 11.3 Å². The summed E-state index contributed by atoms with van der Waals surface area (Å²) in [5, 5.41) is 6.20. The van der Waals surface area contributed by atoms with Crippen LogP contribution < -0.4 is 11.1 Å². The van der Waals surface area contributed by atoms with E-state index in [1.54, 1.807) is 0 Å². The van der Waals surface area contributed by atoms with Crippen LogP contribution in [0.1, 0.15) is 5.56 Å². The van der Waals surface area contributed by atoms with E-state index in [-0.39, 0.29) is 18.1 Å². The maximum Gasteiger partial charge on any atom is 0.228 e. The average molecular weight is 233 g/mol. The van der Waals surface area contributed by atoms with Crippen molar-refractivity contribution in [3.05, 3.63) is 29.6 Å². The number of aromatic nitrogens is 1. The van der Waals surface area contributed by atoms with Crippen LogP contribution in [-0.4, -0.2) is 11.1 Å². The highest BCUT2D eigenvalue weighted by molar-refractivity contribution is 6.03. The molecule has 0 aliphatic carbocycles. The van der Waals surface area contributed by atoms with Crippen LogP contribution in [0.3, 0.4) is 0 Å². The molecule has 0 saturated carbocycles. The zero-order chi connectivity index (χ0) is 12.0. The van der Waals surface area contributed by atoms with Crippen LogP contribution in [0.25, 0.3) is 11.3 Å². The monoisotopic (exact) mass is 233 g/mol. The molecule has 5 nitrogen and oxygen atoms in total. The first kappa shape index (κ1) is 9.83. The summed E-state index contributed by atoms with van der Waals surface area (Å²) >= 11 is 0. The molecule has 0 fully saturated rings. The summed E-state index contributed by atoms with van der Waals surface area (Å²) in [5.41, 5.74) is 7.07. The van der Waals surface area contributed by atoms with Crippen molar-refractivity contribution in [2.75, 3.05) is 11.1 Å². The number of nitrogens with one attached hydrogen (secondary N) is 1. The molecule has 1 aromatic carbocycles. The van der Waals surface area contributed by atoms with Gasteiger partial charge in [-0.1, -0.05) is 5.16 Å². The zero-order valence-electron chi connectivity index (χ0n) is 8.66. The van der Waals surface area contributed by atoms with Crippen LogP contribution in [-0.2, 0) is 11.2 Å². The van der Waals surface area contributed by atoms with E-state index >= 15 is 0 Å². The molecule has 3 rings (SSSR count). The average Bonchev–Trinajstić information content (AvgIpc) is 2.82. The van der Waals surface area contributed by atoms with E-state index in [2.05, 4.69) is 10.5 Å². The highest BCUT2D eigenvalue weighted by Gasteiger charge is 2.24. The van der Waals surface area contributed by atoms with Gasteiger partial charge in [0.15, 0.2) is 11.6 Å². The van der Waals surface area contributed by atoms with E-state index in [0.29, 0.717) is 22.6 Å². The summed E-state index contributed by atoms with van der Waals surface area (Å²) in [5.74, 6) is -0.0488. The summed E-state index contributed by atoms with van der Waals surface area (Å²) in [6.45, 7) is 0. The second-order valence-corrected chi connectivity index (χ2v) is 3.83. The molecular formula is C11H8FN3O2. The van der Waals surface area contributed by atoms with Crippen LogP contribution >= 0.6 is 0 Å². The lowest BCUT2D eigenvalue weighted by atomic mass is 10.1. The number of benzene rings is 1. The number of carbonyl (C=O) groups is 1. The van der Waals surface area contributed by atoms with E-state index in [4.69, 9.17) is 10.3 Å². The van der Waals surface area contributed by atoms with Crippen LogP contribution in [0, 0.1) is 5.82 Å². The number of amides is 1. The van der Waals surface area contributed by atoms with Gasteiger partial charge in [-0.2, -0.15) is 0 Å². The van der Waals surface area contributed by atoms with Crippen molar-refractivity contribution in [2.45, 2.75) is 6.42 Å². The second-order valence-electron chi connectivity index (χ2n) is 3.83. The Morgan fingerprint density at radius 2 is 2.24 bits per heavy atom. The van der Waals surface area contributed by atoms with Gasteiger partial charge in [0.2, 0.25) is 5.91 Å². The maximum absolute atomic E-state index is 13.4. The van der Waals surface area contributed by atoms with Gasteiger partial charge < -0.3 is 15.6 Å². The van der Waals surface area contributed by atoms with Crippen LogP contribution in [0.5, 0.6) is 0 Å². The molecule has 0 radical (unpaired) electrons. The molecule has 2 heterocycles. The third kappa shape index (κ3) is 1.54. The minimum absolute atomic E-state index is 0.167. The third-order valence-corrected chi connectivity index (χ3v) is 2.59. The lowest BCUT2D eigenvalue weighted by molar-refractivity contribution is -0.115. The van der Waals surface area contributed by atoms with Crippen molar-refractivity contribution in [2.24, 2.45) is 0 Å². The number of carbonyl (C=O) groups excluding carboxylic acids is 1. The Hall–Kier alpha value is -2.37. The first-order valence-electron chi connectivity index (χ1n) is 4.98. The van der Waals surface area contributed by atoms with Crippen LogP contribution in [0.15, 0.2) is 22.7 Å². The lowest BCUT2D eigenvalue weighted by Gasteiger charge is -2.04. The number of anilines is 2. The molecule has 3 N–H and O–H groups in total. The van der Waals surface area contributed by atoms with Crippen LogP contribution in [0.2, 0.25) is 0 Å². The summed E-state index contributed by atoms with van der Waals surface area (Å²) in [6, 6.07) is 4.10. The van der Waals surface area contributed by atoms with Crippen molar-refractivity contribution in [3.63, 3.8) is 0 Å². The Kier molecular flexibility index (Phi) is 1.91. The van der Waals surface area contributed by atoms with E-state index < -0.39 is 5.82 Å². The SMILES string of the molecule is Nc1cc(-c2cc(F)cc3c2NC(=O)C3)on1. The summed E-state index contributed by atoms with van der Waals surface area (Å²) < 4.78 is 18.4. The van der Waals surface area contributed by atoms with Gasteiger partial charge in [-0.25, -0.2) is 4.39 Å². The Labute approximate surface area is 95.4 Å². The number of hydrogen-bond donors (Lipinski definition) is 2. The molecule has 0 spiro atoms. The Morgan fingerprint density at radius 3 is 2.94 bits per heavy atom. The molecule has 1 aromatic heterocycles. The fourth-order valence-corrected chi connectivity index (χ4v) is 1.92. The van der Waals surface area contributed by atoms with E-state index in [1.165, 1.54) is 18.2 Å². The Bertz CT molecular complexity index is 621. The molecule has 0 saturated heterocycles. The number of hydrogen-bond acceptors (Lipinski definition) is 4. The van der Waals surface area contributed by atoms with Gasteiger partial charge in [-0.15, -0.1) is 0 Å².